The van der Waals surface area contributed by atoms with E-state index in [9.17, 15) is 13.2 Å². The van der Waals surface area contributed by atoms with E-state index in [2.05, 4.69) is 10.4 Å². The van der Waals surface area contributed by atoms with Crippen LogP contribution >= 0.6 is 0 Å². The summed E-state index contributed by atoms with van der Waals surface area (Å²) in [5.41, 5.74) is 1.35. The number of nitrogens with zero attached hydrogens (tertiary/aromatic N) is 2. The number of halogens is 3. The van der Waals surface area contributed by atoms with Crippen molar-refractivity contribution in [3.05, 3.63) is 41.1 Å². The molecule has 6 heteroatoms. The Labute approximate surface area is 133 Å². The second-order valence-corrected chi connectivity index (χ2v) is 6.18. The number of alkyl halides is 3. The first-order chi connectivity index (χ1) is 10.9. The summed E-state index contributed by atoms with van der Waals surface area (Å²) in [5, 5.41) is 7.81. The molecule has 0 fully saturated rings. The fourth-order valence-electron chi connectivity index (χ4n) is 3.07. The van der Waals surface area contributed by atoms with Crippen LogP contribution in [0.4, 0.5) is 19.0 Å². The molecule has 23 heavy (non-hydrogen) atoms. The number of nitrogens with one attached hydrogen (secondary N) is 1. The van der Waals surface area contributed by atoms with Gasteiger partial charge in [0.25, 0.3) is 0 Å². The lowest BCUT2D eigenvalue weighted by Gasteiger charge is -2.15. The van der Waals surface area contributed by atoms with Gasteiger partial charge in [0.1, 0.15) is 5.82 Å². The molecule has 1 N–H and O–H groups in total. The number of rotatable bonds is 2. The van der Waals surface area contributed by atoms with Crippen LogP contribution in [0, 0.1) is 0 Å². The number of para-hydroxylation sites is 1. The summed E-state index contributed by atoms with van der Waals surface area (Å²) < 4.78 is 41.5. The van der Waals surface area contributed by atoms with Gasteiger partial charge in [-0.3, -0.25) is 0 Å². The predicted molar refractivity (Wildman–Crippen MR) is 84.1 cm³/mol. The Balaban J connectivity index is 2.22. The lowest BCUT2D eigenvalue weighted by Crippen LogP contribution is -2.14. The Morgan fingerprint density at radius 1 is 1.17 bits per heavy atom. The maximum atomic E-state index is 13.4. The highest BCUT2D eigenvalue weighted by Gasteiger charge is 2.35. The van der Waals surface area contributed by atoms with Gasteiger partial charge in [0.2, 0.25) is 0 Å². The van der Waals surface area contributed by atoms with Gasteiger partial charge in [-0.05, 0) is 37.3 Å². The van der Waals surface area contributed by atoms with Crippen molar-refractivity contribution in [2.45, 2.75) is 45.2 Å². The molecule has 0 aliphatic carbocycles. The van der Waals surface area contributed by atoms with Crippen LogP contribution in [0.25, 0.3) is 5.69 Å². The average molecular weight is 323 g/mol. The van der Waals surface area contributed by atoms with Crippen LogP contribution in [0.1, 0.15) is 49.4 Å². The first-order valence-corrected chi connectivity index (χ1v) is 7.92. The number of aromatic nitrogens is 2. The van der Waals surface area contributed by atoms with Gasteiger partial charge in [-0.15, -0.1) is 0 Å². The van der Waals surface area contributed by atoms with Crippen LogP contribution in [0.3, 0.4) is 0 Å². The van der Waals surface area contributed by atoms with Crippen LogP contribution < -0.4 is 5.32 Å². The molecule has 1 aliphatic heterocycles. The molecule has 2 heterocycles. The molecule has 0 radical (unpaired) electrons. The lowest BCUT2D eigenvalue weighted by molar-refractivity contribution is -0.137. The van der Waals surface area contributed by atoms with Crippen LogP contribution in [0.2, 0.25) is 0 Å². The van der Waals surface area contributed by atoms with Gasteiger partial charge >= 0.3 is 6.18 Å². The lowest BCUT2D eigenvalue weighted by atomic mass is 10.0. The van der Waals surface area contributed by atoms with Crippen molar-refractivity contribution in [1.29, 1.82) is 0 Å². The highest BCUT2D eigenvalue weighted by atomic mass is 19.4. The molecule has 0 saturated heterocycles. The number of benzene rings is 1. The van der Waals surface area contributed by atoms with Gasteiger partial charge in [-0.1, -0.05) is 26.0 Å². The van der Waals surface area contributed by atoms with E-state index in [0.717, 1.165) is 43.1 Å². The van der Waals surface area contributed by atoms with Crippen LogP contribution in [0.15, 0.2) is 24.3 Å². The summed E-state index contributed by atoms with van der Waals surface area (Å²) >= 11 is 0. The zero-order valence-corrected chi connectivity index (χ0v) is 13.2. The third-order valence-corrected chi connectivity index (χ3v) is 4.15. The summed E-state index contributed by atoms with van der Waals surface area (Å²) in [6, 6.07) is 5.61. The van der Waals surface area contributed by atoms with Gasteiger partial charge in [-0.25, -0.2) is 4.68 Å². The van der Waals surface area contributed by atoms with Crippen LogP contribution in [0.5, 0.6) is 0 Å². The zero-order chi connectivity index (χ0) is 16.6. The fourth-order valence-corrected chi connectivity index (χ4v) is 3.07. The smallest absolute Gasteiger partial charge is 0.370 e. The summed E-state index contributed by atoms with van der Waals surface area (Å²) in [6.45, 7) is 4.80. The molecule has 1 aromatic heterocycles. The van der Waals surface area contributed by atoms with Crippen molar-refractivity contribution >= 4 is 5.82 Å². The average Bonchev–Trinajstić information content (AvgIpc) is 2.68. The minimum Gasteiger partial charge on any atom is -0.370 e. The predicted octanol–water partition coefficient (Wildman–Crippen LogP) is 4.76. The summed E-state index contributed by atoms with van der Waals surface area (Å²) in [4.78, 5) is 0. The molecule has 124 valence electrons. The minimum atomic E-state index is -4.40. The third-order valence-electron chi connectivity index (χ3n) is 4.15. The summed E-state index contributed by atoms with van der Waals surface area (Å²) in [7, 11) is 0. The molecule has 0 amide bonds. The molecule has 0 atom stereocenters. The quantitative estimate of drug-likeness (QED) is 0.863. The molecule has 0 saturated carbocycles. The standard InChI is InChI=1S/C17H20F3N3/c1-11(2)15-12-7-5-6-10-21-16(12)23(22-15)14-9-4-3-8-13(14)17(18,19)20/h3-4,8-9,11,21H,5-7,10H2,1-2H3. The summed E-state index contributed by atoms with van der Waals surface area (Å²) in [5.74, 6) is 0.880. The van der Waals surface area contributed by atoms with Gasteiger partial charge in [0, 0.05) is 12.1 Å². The zero-order valence-electron chi connectivity index (χ0n) is 13.2. The highest BCUT2D eigenvalue weighted by molar-refractivity contribution is 5.57. The van der Waals surface area contributed by atoms with E-state index in [-0.39, 0.29) is 11.6 Å². The Morgan fingerprint density at radius 3 is 2.61 bits per heavy atom. The second-order valence-electron chi connectivity index (χ2n) is 6.18. The fraction of sp³-hybridized carbons (Fsp3) is 0.471. The topological polar surface area (TPSA) is 29.9 Å². The van der Waals surface area contributed by atoms with E-state index in [1.54, 1.807) is 6.07 Å². The minimum absolute atomic E-state index is 0.0811. The summed E-state index contributed by atoms with van der Waals surface area (Å²) in [6.07, 6.45) is -1.53. The molecule has 0 bridgehead atoms. The van der Waals surface area contributed by atoms with Crippen molar-refractivity contribution in [2.75, 3.05) is 11.9 Å². The van der Waals surface area contributed by atoms with Crippen LogP contribution in [-0.4, -0.2) is 16.3 Å². The molecule has 2 aromatic rings. The van der Waals surface area contributed by atoms with Gasteiger partial charge < -0.3 is 5.32 Å². The number of hydrogen-bond acceptors (Lipinski definition) is 2. The number of fused-ring (bicyclic) bond motifs is 1. The largest absolute Gasteiger partial charge is 0.418 e. The number of anilines is 1. The Kier molecular flexibility index (Phi) is 4.08. The second kappa shape index (κ2) is 5.91. The van der Waals surface area contributed by atoms with Gasteiger partial charge in [0.15, 0.2) is 0 Å². The first-order valence-electron chi connectivity index (χ1n) is 7.92. The van der Waals surface area contributed by atoms with E-state index in [1.807, 2.05) is 13.8 Å². The maximum absolute atomic E-state index is 13.4. The third kappa shape index (κ3) is 2.94. The van der Waals surface area contributed by atoms with E-state index in [4.69, 9.17) is 0 Å². The monoisotopic (exact) mass is 323 g/mol. The SMILES string of the molecule is CC(C)c1nn(-c2ccccc2C(F)(F)F)c2c1CCCCN2. The van der Waals surface area contributed by atoms with Gasteiger partial charge in [-0.2, -0.15) is 18.3 Å². The first kappa shape index (κ1) is 15.9. The van der Waals surface area contributed by atoms with Crippen molar-refractivity contribution in [3.63, 3.8) is 0 Å². The molecular weight excluding hydrogens is 303 g/mol. The normalized spacial score (nSPS) is 15.2. The maximum Gasteiger partial charge on any atom is 0.418 e. The Morgan fingerprint density at radius 2 is 1.91 bits per heavy atom. The van der Waals surface area contributed by atoms with E-state index >= 15 is 0 Å². The molecular formula is C17H20F3N3. The van der Waals surface area contributed by atoms with Crippen molar-refractivity contribution in [1.82, 2.24) is 9.78 Å². The van der Waals surface area contributed by atoms with E-state index in [1.165, 1.54) is 16.8 Å². The molecule has 1 aromatic carbocycles. The van der Waals surface area contributed by atoms with Crippen molar-refractivity contribution in [3.8, 4) is 5.69 Å². The van der Waals surface area contributed by atoms with Crippen LogP contribution in [-0.2, 0) is 12.6 Å². The van der Waals surface area contributed by atoms with Gasteiger partial charge in [0.05, 0.1) is 16.9 Å². The van der Waals surface area contributed by atoms with E-state index < -0.39 is 11.7 Å². The Bertz CT molecular complexity index is 702. The molecule has 3 rings (SSSR count). The molecule has 3 nitrogen and oxygen atoms in total. The molecule has 0 unspecified atom stereocenters. The molecule has 0 spiro atoms. The van der Waals surface area contributed by atoms with Crippen molar-refractivity contribution < 1.29 is 13.2 Å². The van der Waals surface area contributed by atoms with E-state index in [0.29, 0.717) is 5.82 Å². The molecule has 1 aliphatic rings. The number of hydrogen-bond donors (Lipinski definition) is 1. The highest BCUT2D eigenvalue weighted by Crippen LogP contribution is 2.37. The van der Waals surface area contributed by atoms with Crippen molar-refractivity contribution in [2.24, 2.45) is 0 Å². The Hall–Kier alpha value is -1.98.